The first-order valence-electron chi connectivity index (χ1n) is 10.3. The zero-order chi connectivity index (χ0) is 19.7. The van der Waals surface area contributed by atoms with E-state index in [-0.39, 0.29) is 17.9 Å². The van der Waals surface area contributed by atoms with Crippen molar-refractivity contribution in [2.24, 2.45) is 0 Å². The molecule has 2 atom stereocenters. The minimum absolute atomic E-state index is 0.0276. The van der Waals surface area contributed by atoms with Crippen molar-refractivity contribution in [3.05, 3.63) is 23.8 Å². The van der Waals surface area contributed by atoms with E-state index in [0.717, 1.165) is 63.8 Å². The number of hydrogen-bond donors (Lipinski definition) is 1. The largest absolute Gasteiger partial charge is 0.449 e. The summed E-state index contributed by atoms with van der Waals surface area (Å²) in [5.74, 6) is -0.710. The SMILES string of the molecule is C[C@@H](OC(=O)c1ccc2c(c1)NC(=O)[C@H]1CCCN21)C(=O)N1CCCCCC1. The molecule has 0 aromatic heterocycles. The van der Waals surface area contributed by atoms with Crippen LogP contribution in [0.3, 0.4) is 0 Å². The van der Waals surface area contributed by atoms with Crippen molar-refractivity contribution < 1.29 is 19.1 Å². The number of esters is 1. The first-order valence-corrected chi connectivity index (χ1v) is 10.3. The molecule has 0 spiro atoms. The average Bonchev–Trinajstić information content (AvgIpc) is 3.03. The number of benzene rings is 1. The lowest BCUT2D eigenvalue weighted by Gasteiger charge is -2.33. The zero-order valence-corrected chi connectivity index (χ0v) is 16.3. The van der Waals surface area contributed by atoms with Gasteiger partial charge in [0.05, 0.1) is 16.9 Å². The lowest BCUT2D eigenvalue weighted by molar-refractivity contribution is -0.139. The molecule has 7 nitrogen and oxygen atoms in total. The molecule has 0 radical (unpaired) electrons. The fourth-order valence-corrected chi connectivity index (χ4v) is 4.38. The Morgan fingerprint density at radius 3 is 2.61 bits per heavy atom. The number of ether oxygens (including phenoxy) is 1. The Bertz CT molecular complexity index is 786. The molecule has 0 aliphatic carbocycles. The molecule has 3 heterocycles. The van der Waals surface area contributed by atoms with Crippen molar-refractivity contribution in [3.63, 3.8) is 0 Å². The van der Waals surface area contributed by atoms with Crippen LogP contribution in [0.15, 0.2) is 18.2 Å². The van der Waals surface area contributed by atoms with Crippen LogP contribution in [0, 0.1) is 0 Å². The molecule has 2 saturated heterocycles. The molecule has 3 aliphatic heterocycles. The molecule has 1 aromatic rings. The van der Waals surface area contributed by atoms with E-state index in [1.54, 1.807) is 24.0 Å². The van der Waals surface area contributed by atoms with Crippen molar-refractivity contribution >= 4 is 29.2 Å². The Kier molecular flexibility index (Phi) is 5.24. The van der Waals surface area contributed by atoms with Crippen LogP contribution in [0.4, 0.5) is 11.4 Å². The van der Waals surface area contributed by atoms with E-state index in [2.05, 4.69) is 10.2 Å². The highest BCUT2D eigenvalue weighted by Gasteiger charge is 2.36. The van der Waals surface area contributed by atoms with Gasteiger partial charge in [-0.05, 0) is 50.8 Å². The predicted octanol–water partition coefficient (Wildman–Crippen LogP) is 2.56. The molecular formula is C21H27N3O4. The Balaban J connectivity index is 1.44. The molecule has 1 N–H and O–H groups in total. The van der Waals surface area contributed by atoms with E-state index >= 15 is 0 Å². The summed E-state index contributed by atoms with van der Waals surface area (Å²) in [7, 11) is 0. The van der Waals surface area contributed by atoms with Gasteiger partial charge in [-0.25, -0.2) is 4.79 Å². The molecule has 2 fully saturated rings. The minimum atomic E-state index is -0.820. The molecule has 3 aliphatic rings. The third-order valence-corrected chi connectivity index (χ3v) is 5.90. The molecule has 0 bridgehead atoms. The van der Waals surface area contributed by atoms with Gasteiger partial charge in [-0.2, -0.15) is 0 Å². The molecule has 7 heteroatoms. The van der Waals surface area contributed by atoms with Gasteiger partial charge in [0.15, 0.2) is 6.10 Å². The summed E-state index contributed by atoms with van der Waals surface area (Å²) >= 11 is 0. The minimum Gasteiger partial charge on any atom is -0.449 e. The highest BCUT2D eigenvalue weighted by atomic mass is 16.5. The van der Waals surface area contributed by atoms with Gasteiger partial charge in [0.2, 0.25) is 5.91 Å². The first kappa shape index (κ1) is 18.8. The van der Waals surface area contributed by atoms with E-state index < -0.39 is 12.1 Å². The highest BCUT2D eigenvalue weighted by Crippen LogP contribution is 2.37. The van der Waals surface area contributed by atoms with E-state index in [9.17, 15) is 14.4 Å². The van der Waals surface area contributed by atoms with Crippen LogP contribution in [0.2, 0.25) is 0 Å². The fraction of sp³-hybridized carbons (Fsp3) is 0.571. The maximum atomic E-state index is 12.6. The smallest absolute Gasteiger partial charge is 0.338 e. The van der Waals surface area contributed by atoms with Crippen molar-refractivity contribution in [1.82, 2.24) is 4.90 Å². The van der Waals surface area contributed by atoms with Gasteiger partial charge in [-0.1, -0.05) is 12.8 Å². The number of rotatable bonds is 3. The average molecular weight is 385 g/mol. The number of nitrogens with one attached hydrogen (secondary N) is 1. The summed E-state index contributed by atoms with van der Waals surface area (Å²) in [6.07, 6.45) is 5.28. The monoisotopic (exact) mass is 385 g/mol. The summed E-state index contributed by atoms with van der Waals surface area (Å²) in [6, 6.07) is 5.09. The molecule has 0 unspecified atom stereocenters. The van der Waals surface area contributed by atoms with Crippen LogP contribution in [0.5, 0.6) is 0 Å². The number of carbonyl (C=O) groups excluding carboxylic acids is 3. The third kappa shape index (κ3) is 3.57. The third-order valence-electron chi connectivity index (χ3n) is 5.90. The quantitative estimate of drug-likeness (QED) is 0.809. The van der Waals surface area contributed by atoms with Crippen molar-refractivity contribution in [2.45, 2.75) is 57.6 Å². The molecule has 1 aromatic carbocycles. The second-order valence-corrected chi connectivity index (χ2v) is 7.86. The molecule has 150 valence electrons. The van der Waals surface area contributed by atoms with E-state index in [4.69, 9.17) is 4.74 Å². The number of amides is 2. The molecule has 0 saturated carbocycles. The summed E-state index contributed by atoms with van der Waals surface area (Å²) in [4.78, 5) is 41.3. The first-order chi connectivity index (χ1) is 13.5. The summed E-state index contributed by atoms with van der Waals surface area (Å²) in [5.41, 5.74) is 1.91. The van der Waals surface area contributed by atoms with Crippen molar-refractivity contribution in [3.8, 4) is 0 Å². The van der Waals surface area contributed by atoms with E-state index in [1.807, 2.05) is 6.07 Å². The molecular weight excluding hydrogens is 358 g/mol. The lowest BCUT2D eigenvalue weighted by atomic mass is 10.1. The Morgan fingerprint density at radius 1 is 1.11 bits per heavy atom. The highest BCUT2D eigenvalue weighted by molar-refractivity contribution is 6.05. The van der Waals surface area contributed by atoms with Gasteiger partial charge in [-0.3, -0.25) is 9.59 Å². The number of hydrogen-bond acceptors (Lipinski definition) is 5. The van der Waals surface area contributed by atoms with Gasteiger partial charge in [0.1, 0.15) is 6.04 Å². The normalized spacial score (nSPS) is 22.6. The number of carbonyl (C=O) groups is 3. The molecule has 4 rings (SSSR count). The molecule has 28 heavy (non-hydrogen) atoms. The molecule has 2 amide bonds. The summed E-state index contributed by atoms with van der Waals surface area (Å²) in [5, 5.41) is 2.90. The number of anilines is 2. The van der Waals surface area contributed by atoms with Crippen molar-refractivity contribution in [1.29, 1.82) is 0 Å². The zero-order valence-electron chi connectivity index (χ0n) is 16.3. The van der Waals surface area contributed by atoms with E-state index in [1.165, 1.54) is 0 Å². The number of likely N-dealkylation sites (tertiary alicyclic amines) is 1. The van der Waals surface area contributed by atoms with Gasteiger partial charge in [-0.15, -0.1) is 0 Å². The van der Waals surface area contributed by atoms with Crippen LogP contribution < -0.4 is 10.2 Å². The van der Waals surface area contributed by atoms with E-state index in [0.29, 0.717) is 11.3 Å². The van der Waals surface area contributed by atoms with Crippen LogP contribution in [-0.4, -0.2) is 54.5 Å². The number of nitrogens with zero attached hydrogens (tertiary/aromatic N) is 2. The van der Waals surface area contributed by atoms with Gasteiger partial charge in [0.25, 0.3) is 5.91 Å². The van der Waals surface area contributed by atoms with Crippen LogP contribution in [0.25, 0.3) is 0 Å². The lowest BCUT2D eigenvalue weighted by Crippen LogP contribution is -2.44. The number of fused-ring (bicyclic) bond motifs is 3. The maximum Gasteiger partial charge on any atom is 0.338 e. The standard InChI is InChI=1S/C21H27N3O4/c1-14(20(26)23-10-4-2-3-5-11-23)28-21(27)15-8-9-17-16(13-15)22-19(25)18-7-6-12-24(17)18/h8-9,13-14,18H,2-7,10-12H2,1H3,(H,22,25)/t14-,18-/m1/s1. The van der Waals surface area contributed by atoms with Crippen LogP contribution in [0.1, 0.15) is 55.8 Å². The second-order valence-electron chi connectivity index (χ2n) is 7.86. The van der Waals surface area contributed by atoms with Gasteiger partial charge >= 0.3 is 5.97 Å². The predicted molar refractivity (Wildman–Crippen MR) is 105 cm³/mol. The fourth-order valence-electron chi connectivity index (χ4n) is 4.38. The van der Waals surface area contributed by atoms with Crippen LogP contribution in [-0.2, 0) is 14.3 Å². The second kappa shape index (κ2) is 7.81. The Hall–Kier alpha value is -2.57. The van der Waals surface area contributed by atoms with Gasteiger partial charge in [0, 0.05) is 19.6 Å². The Labute approximate surface area is 165 Å². The van der Waals surface area contributed by atoms with Gasteiger partial charge < -0.3 is 19.9 Å². The maximum absolute atomic E-state index is 12.6. The summed E-state index contributed by atoms with van der Waals surface area (Å²) in [6.45, 7) is 3.92. The topological polar surface area (TPSA) is 79.0 Å². The summed E-state index contributed by atoms with van der Waals surface area (Å²) < 4.78 is 5.44. The Morgan fingerprint density at radius 2 is 1.86 bits per heavy atom. The van der Waals surface area contributed by atoms with Crippen molar-refractivity contribution in [2.75, 3.05) is 29.9 Å². The van der Waals surface area contributed by atoms with Crippen LogP contribution >= 0.6 is 0 Å².